The molecule has 0 spiro atoms. The number of hydrogen-bond donors (Lipinski definition) is 0. The Morgan fingerprint density at radius 2 is 2.21 bits per heavy atom. The molecule has 1 aromatic rings. The molecule has 14 heavy (non-hydrogen) atoms. The van der Waals surface area contributed by atoms with Crippen LogP contribution < -0.4 is 0 Å². The van der Waals surface area contributed by atoms with E-state index in [1.165, 1.54) is 30.4 Å². The van der Waals surface area contributed by atoms with Crippen molar-refractivity contribution in [2.24, 2.45) is 0 Å². The summed E-state index contributed by atoms with van der Waals surface area (Å²) in [6.45, 7) is 1.70. The van der Waals surface area contributed by atoms with Gasteiger partial charge >= 0.3 is 0 Å². The highest BCUT2D eigenvalue weighted by Gasteiger charge is 2.28. The molecular formula is C9H13NO2S2. The summed E-state index contributed by atoms with van der Waals surface area (Å²) in [7, 11) is -3.00. The second-order valence-electron chi connectivity index (χ2n) is 3.86. The smallest absolute Gasteiger partial charge is 0.156 e. The number of sulfone groups is 1. The zero-order chi connectivity index (χ0) is 10.3. The molecule has 0 amide bonds. The van der Waals surface area contributed by atoms with Crippen LogP contribution in [0.2, 0.25) is 0 Å². The standard InChI is InChI=1S/C9H13NO2S2/c1-6(14(2,11)12)9-10-8(5-13-9)7-3-4-7/h5-7H,3-4H2,1-2H3. The van der Waals surface area contributed by atoms with E-state index in [9.17, 15) is 8.42 Å². The van der Waals surface area contributed by atoms with Crippen molar-refractivity contribution in [1.29, 1.82) is 0 Å². The lowest BCUT2D eigenvalue weighted by Gasteiger charge is -2.03. The van der Waals surface area contributed by atoms with E-state index in [0.717, 1.165) is 10.7 Å². The molecule has 0 N–H and O–H groups in total. The Labute approximate surface area is 88.1 Å². The minimum atomic E-state index is -3.00. The molecule has 1 aromatic heterocycles. The van der Waals surface area contributed by atoms with Crippen LogP contribution >= 0.6 is 11.3 Å². The number of thiazole rings is 1. The Bertz CT molecular complexity index is 431. The van der Waals surface area contributed by atoms with Gasteiger partial charge in [-0.15, -0.1) is 11.3 Å². The van der Waals surface area contributed by atoms with Crippen molar-refractivity contribution in [1.82, 2.24) is 4.98 Å². The second kappa shape index (κ2) is 3.31. The van der Waals surface area contributed by atoms with Crippen molar-refractivity contribution in [3.63, 3.8) is 0 Å². The summed E-state index contributed by atoms with van der Waals surface area (Å²) in [6, 6.07) is 0. The molecule has 1 fully saturated rings. The molecule has 5 heteroatoms. The van der Waals surface area contributed by atoms with Crippen molar-refractivity contribution < 1.29 is 8.42 Å². The number of rotatable bonds is 3. The fraction of sp³-hybridized carbons (Fsp3) is 0.667. The topological polar surface area (TPSA) is 47.0 Å². The van der Waals surface area contributed by atoms with E-state index in [2.05, 4.69) is 4.98 Å². The third kappa shape index (κ3) is 1.98. The number of aromatic nitrogens is 1. The molecule has 0 aliphatic heterocycles. The van der Waals surface area contributed by atoms with Gasteiger partial charge in [0.15, 0.2) is 9.84 Å². The monoisotopic (exact) mass is 231 g/mol. The molecule has 78 valence electrons. The van der Waals surface area contributed by atoms with E-state index in [1.807, 2.05) is 5.38 Å². The van der Waals surface area contributed by atoms with E-state index >= 15 is 0 Å². The Kier molecular flexibility index (Phi) is 2.39. The third-order valence-electron chi connectivity index (χ3n) is 2.53. The second-order valence-corrected chi connectivity index (χ2v) is 7.11. The number of nitrogens with zero attached hydrogens (tertiary/aromatic N) is 1. The first-order valence-electron chi connectivity index (χ1n) is 4.62. The Hall–Kier alpha value is -0.420. The van der Waals surface area contributed by atoms with Gasteiger partial charge in [0.2, 0.25) is 0 Å². The molecule has 0 aromatic carbocycles. The maximum Gasteiger partial charge on any atom is 0.156 e. The SMILES string of the molecule is CC(c1nc(C2CC2)cs1)S(C)(=O)=O. The van der Waals surface area contributed by atoms with Gasteiger partial charge in [0, 0.05) is 17.6 Å². The summed E-state index contributed by atoms with van der Waals surface area (Å²) in [5.74, 6) is 0.603. The Balaban J connectivity index is 2.24. The van der Waals surface area contributed by atoms with Gasteiger partial charge in [-0.25, -0.2) is 13.4 Å². The van der Waals surface area contributed by atoms with E-state index in [1.54, 1.807) is 6.92 Å². The van der Waals surface area contributed by atoms with Gasteiger partial charge in [-0.1, -0.05) is 0 Å². The van der Waals surface area contributed by atoms with Crippen LogP contribution in [-0.2, 0) is 9.84 Å². The highest BCUT2D eigenvalue weighted by Crippen LogP contribution is 2.41. The van der Waals surface area contributed by atoms with Crippen molar-refractivity contribution in [2.45, 2.75) is 30.9 Å². The lowest BCUT2D eigenvalue weighted by atomic mass is 10.3. The molecular weight excluding hydrogens is 218 g/mol. The van der Waals surface area contributed by atoms with Crippen molar-refractivity contribution in [3.8, 4) is 0 Å². The van der Waals surface area contributed by atoms with E-state index in [4.69, 9.17) is 0 Å². The Morgan fingerprint density at radius 1 is 1.57 bits per heavy atom. The van der Waals surface area contributed by atoms with Crippen LogP contribution in [-0.4, -0.2) is 19.7 Å². The maximum atomic E-state index is 11.3. The normalized spacial score (nSPS) is 19.6. The fourth-order valence-corrected chi connectivity index (χ4v) is 3.18. The zero-order valence-corrected chi connectivity index (χ0v) is 9.86. The van der Waals surface area contributed by atoms with Gasteiger partial charge in [0.1, 0.15) is 10.3 Å². The lowest BCUT2D eigenvalue weighted by molar-refractivity contribution is 0.592. The van der Waals surface area contributed by atoms with E-state index in [-0.39, 0.29) is 0 Å². The van der Waals surface area contributed by atoms with Gasteiger partial charge in [-0.3, -0.25) is 0 Å². The zero-order valence-electron chi connectivity index (χ0n) is 8.23. The summed E-state index contributed by atoms with van der Waals surface area (Å²) in [6.07, 6.45) is 3.67. The van der Waals surface area contributed by atoms with Gasteiger partial charge in [0.05, 0.1) is 5.69 Å². The van der Waals surface area contributed by atoms with Crippen molar-refractivity contribution >= 4 is 21.2 Å². The van der Waals surface area contributed by atoms with Crippen LogP contribution in [0.1, 0.15) is 41.6 Å². The molecule has 1 saturated carbocycles. The van der Waals surface area contributed by atoms with Crippen molar-refractivity contribution in [3.05, 3.63) is 16.1 Å². The summed E-state index contributed by atoms with van der Waals surface area (Å²) in [4.78, 5) is 4.38. The van der Waals surface area contributed by atoms with Crippen molar-refractivity contribution in [2.75, 3.05) is 6.26 Å². The molecule has 1 atom stereocenters. The van der Waals surface area contributed by atoms with Crippen LogP contribution in [0, 0.1) is 0 Å². The summed E-state index contributed by atoms with van der Waals surface area (Å²) >= 11 is 1.46. The highest BCUT2D eigenvalue weighted by atomic mass is 32.2. The summed E-state index contributed by atoms with van der Waals surface area (Å²) < 4.78 is 22.6. The Morgan fingerprint density at radius 3 is 2.71 bits per heavy atom. The molecule has 1 aliphatic carbocycles. The van der Waals surface area contributed by atoms with Crippen LogP contribution in [0.4, 0.5) is 0 Å². The average molecular weight is 231 g/mol. The largest absolute Gasteiger partial charge is 0.245 e. The third-order valence-corrected chi connectivity index (χ3v) is 5.23. The molecule has 1 heterocycles. The number of hydrogen-bond acceptors (Lipinski definition) is 4. The summed E-state index contributed by atoms with van der Waals surface area (Å²) in [5.41, 5.74) is 1.08. The molecule has 1 aliphatic rings. The van der Waals surface area contributed by atoms with Crippen LogP contribution in [0.3, 0.4) is 0 Å². The van der Waals surface area contributed by atoms with Gasteiger partial charge < -0.3 is 0 Å². The van der Waals surface area contributed by atoms with Gasteiger partial charge in [-0.2, -0.15) is 0 Å². The quantitative estimate of drug-likeness (QED) is 0.800. The van der Waals surface area contributed by atoms with Crippen LogP contribution in [0.15, 0.2) is 5.38 Å². The van der Waals surface area contributed by atoms with Gasteiger partial charge in [-0.05, 0) is 19.8 Å². The predicted molar refractivity (Wildman–Crippen MR) is 57.3 cm³/mol. The average Bonchev–Trinajstić information content (AvgIpc) is 2.82. The lowest BCUT2D eigenvalue weighted by Crippen LogP contribution is -2.07. The van der Waals surface area contributed by atoms with Crippen LogP contribution in [0.25, 0.3) is 0 Å². The van der Waals surface area contributed by atoms with E-state index in [0.29, 0.717) is 5.92 Å². The highest BCUT2D eigenvalue weighted by molar-refractivity contribution is 7.91. The maximum absolute atomic E-state index is 11.3. The molecule has 0 saturated heterocycles. The van der Waals surface area contributed by atoms with Crippen LogP contribution in [0.5, 0.6) is 0 Å². The van der Waals surface area contributed by atoms with E-state index < -0.39 is 15.1 Å². The fourth-order valence-electron chi connectivity index (χ4n) is 1.24. The minimum absolute atomic E-state index is 0.458. The minimum Gasteiger partial charge on any atom is -0.245 e. The summed E-state index contributed by atoms with van der Waals surface area (Å²) in [5, 5.41) is 2.27. The molecule has 2 rings (SSSR count). The molecule has 0 radical (unpaired) electrons. The molecule has 1 unspecified atom stereocenters. The first-order valence-corrected chi connectivity index (χ1v) is 7.46. The first kappa shape index (κ1) is 10.1. The van der Waals surface area contributed by atoms with Gasteiger partial charge in [0.25, 0.3) is 0 Å². The first-order chi connectivity index (χ1) is 6.48. The molecule has 3 nitrogen and oxygen atoms in total. The predicted octanol–water partition coefficient (Wildman–Crippen LogP) is 2.13. The molecule has 0 bridgehead atoms.